The van der Waals surface area contributed by atoms with E-state index in [1.807, 2.05) is 0 Å². The molecular formula is C16H25NO. The van der Waals surface area contributed by atoms with Crippen molar-refractivity contribution >= 4 is 0 Å². The summed E-state index contributed by atoms with van der Waals surface area (Å²) in [6, 6.07) is 9.10. The van der Waals surface area contributed by atoms with Crippen molar-refractivity contribution in [2.75, 3.05) is 13.7 Å². The second kappa shape index (κ2) is 6.79. The Labute approximate surface area is 111 Å². The van der Waals surface area contributed by atoms with Gasteiger partial charge in [-0.15, -0.1) is 0 Å². The van der Waals surface area contributed by atoms with Gasteiger partial charge in [-0.2, -0.15) is 0 Å². The second-order valence-corrected chi connectivity index (χ2v) is 5.29. The Morgan fingerprint density at radius 1 is 1.28 bits per heavy atom. The van der Waals surface area contributed by atoms with Gasteiger partial charge in [0.1, 0.15) is 5.75 Å². The topological polar surface area (TPSA) is 21.3 Å². The average Bonchev–Trinajstić information content (AvgIpc) is 3.21. The SMILES string of the molecule is CCCCOc1ccc(C(CC2CC2)NC)cc1. The summed E-state index contributed by atoms with van der Waals surface area (Å²) in [5, 5.41) is 3.42. The van der Waals surface area contributed by atoms with Gasteiger partial charge in [0, 0.05) is 6.04 Å². The van der Waals surface area contributed by atoms with Gasteiger partial charge in [0.25, 0.3) is 0 Å². The molecule has 0 aliphatic heterocycles. The molecule has 1 aromatic carbocycles. The van der Waals surface area contributed by atoms with Crippen LogP contribution < -0.4 is 10.1 Å². The largest absolute Gasteiger partial charge is 0.494 e. The van der Waals surface area contributed by atoms with Gasteiger partial charge in [0.15, 0.2) is 0 Å². The molecule has 18 heavy (non-hydrogen) atoms. The third-order valence-electron chi connectivity index (χ3n) is 3.66. The summed E-state index contributed by atoms with van der Waals surface area (Å²) in [7, 11) is 2.05. The molecule has 1 aliphatic rings. The molecule has 100 valence electrons. The van der Waals surface area contributed by atoms with Gasteiger partial charge >= 0.3 is 0 Å². The number of hydrogen-bond donors (Lipinski definition) is 1. The van der Waals surface area contributed by atoms with Crippen molar-refractivity contribution < 1.29 is 4.74 Å². The molecule has 0 aromatic heterocycles. The lowest BCUT2D eigenvalue weighted by Crippen LogP contribution is -2.16. The van der Waals surface area contributed by atoms with Crippen molar-refractivity contribution in [1.29, 1.82) is 0 Å². The first kappa shape index (κ1) is 13.4. The number of rotatable bonds is 8. The Hall–Kier alpha value is -1.02. The average molecular weight is 247 g/mol. The van der Waals surface area contributed by atoms with Gasteiger partial charge in [0.2, 0.25) is 0 Å². The van der Waals surface area contributed by atoms with Gasteiger partial charge < -0.3 is 10.1 Å². The summed E-state index contributed by atoms with van der Waals surface area (Å²) < 4.78 is 5.69. The number of nitrogens with one attached hydrogen (secondary N) is 1. The summed E-state index contributed by atoms with van der Waals surface area (Å²) in [6.45, 7) is 3.01. The van der Waals surface area contributed by atoms with Crippen LogP contribution in [0.2, 0.25) is 0 Å². The Morgan fingerprint density at radius 2 is 2.00 bits per heavy atom. The van der Waals surface area contributed by atoms with Gasteiger partial charge in [-0.25, -0.2) is 0 Å². The number of ether oxygens (including phenoxy) is 1. The third kappa shape index (κ3) is 4.02. The van der Waals surface area contributed by atoms with E-state index < -0.39 is 0 Å². The molecular weight excluding hydrogens is 222 g/mol. The zero-order valence-corrected chi connectivity index (χ0v) is 11.6. The second-order valence-electron chi connectivity index (χ2n) is 5.29. The Kier molecular flexibility index (Phi) is 5.06. The van der Waals surface area contributed by atoms with Crippen LogP contribution in [-0.4, -0.2) is 13.7 Å². The summed E-state index contributed by atoms with van der Waals surface area (Å²) in [5.41, 5.74) is 1.38. The first-order valence-corrected chi connectivity index (χ1v) is 7.23. The van der Waals surface area contributed by atoms with Gasteiger partial charge in [-0.3, -0.25) is 0 Å². The molecule has 1 unspecified atom stereocenters. The lowest BCUT2D eigenvalue weighted by Gasteiger charge is -2.16. The number of benzene rings is 1. The molecule has 2 rings (SSSR count). The van der Waals surface area contributed by atoms with Crippen LogP contribution in [0.3, 0.4) is 0 Å². The quantitative estimate of drug-likeness (QED) is 0.703. The van der Waals surface area contributed by atoms with E-state index in [1.54, 1.807) is 0 Å². The van der Waals surface area contributed by atoms with Crippen molar-refractivity contribution in [3.63, 3.8) is 0 Å². The van der Waals surface area contributed by atoms with E-state index in [2.05, 4.69) is 43.6 Å². The van der Waals surface area contributed by atoms with Crippen LogP contribution in [0.15, 0.2) is 24.3 Å². The predicted molar refractivity (Wildman–Crippen MR) is 76.0 cm³/mol. The van der Waals surface area contributed by atoms with Crippen LogP contribution in [0.1, 0.15) is 50.6 Å². The highest BCUT2D eigenvalue weighted by Gasteiger charge is 2.25. The molecule has 0 saturated heterocycles. The van der Waals surface area contributed by atoms with Gasteiger partial charge in [0.05, 0.1) is 6.61 Å². The molecule has 1 aromatic rings. The highest BCUT2D eigenvalue weighted by atomic mass is 16.5. The van der Waals surface area contributed by atoms with Crippen molar-refractivity contribution in [3.8, 4) is 5.75 Å². The maximum absolute atomic E-state index is 5.69. The van der Waals surface area contributed by atoms with E-state index in [9.17, 15) is 0 Å². The van der Waals surface area contributed by atoms with E-state index in [4.69, 9.17) is 4.74 Å². The minimum atomic E-state index is 0.502. The normalized spacial score (nSPS) is 16.6. The summed E-state index contributed by atoms with van der Waals surface area (Å²) in [5.74, 6) is 1.94. The molecule has 2 heteroatoms. The summed E-state index contributed by atoms with van der Waals surface area (Å²) >= 11 is 0. The highest BCUT2D eigenvalue weighted by molar-refractivity contribution is 5.29. The molecule has 2 nitrogen and oxygen atoms in total. The van der Waals surface area contributed by atoms with Crippen LogP contribution >= 0.6 is 0 Å². The van der Waals surface area contributed by atoms with Crippen LogP contribution in [0.5, 0.6) is 5.75 Å². The first-order chi connectivity index (χ1) is 8.83. The zero-order valence-electron chi connectivity index (χ0n) is 11.6. The van der Waals surface area contributed by atoms with E-state index in [1.165, 1.54) is 31.2 Å². The van der Waals surface area contributed by atoms with Crippen LogP contribution in [0, 0.1) is 5.92 Å². The monoisotopic (exact) mass is 247 g/mol. The fourth-order valence-corrected chi connectivity index (χ4v) is 2.24. The fourth-order valence-electron chi connectivity index (χ4n) is 2.24. The Balaban J connectivity index is 1.88. The standard InChI is InChI=1S/C16H25NO/c1-3-4-11-18-15-9-7-14(8-10-15)16(17-2)12-13-5-6-13/h7-10,13,16-17H,3-6,11-12H2,1-2H3. The van der Waals surface area contributed by atoms with Crippen LogP contribution in [0.4, 0.5) is 0 Å². The Morgan fingerprint density at radius 3 is 2.56 bits per heavy atom. The molecule has 1 saturated carbocycles. The van der Waals surface area contributed by atoms with Crippen molar-refractivity contribution in [1.82, 2.24) is 5.32 Å². The van der Waals surface area contributed by atoms with Crippen LogP contribution in [0.25, 0.3) is 0 Å². The van der Waals surface area contributed by atoms with Crippen molar-refractivity contribution in [3.05, 3.63) is 29.8 Å². The van der Waals surface area contributed by atoms with E-state index in [0.717, 1.165) is 24.7 Å². The smallest absolute Gasteiger partial charge is 0.119 e. The van der Waals surface area contributed by atoms with Crippen molar-refractivity contribution in [2.24, 2.45) is 5.92 Å². The summed E-state index contributed by atoms with van der Waals surface area (Å²) in [4.78, 5) is 0. The predicted octanol–water partition coefficient (Wildman–Crippen LogP) is 3.93. The maximum atomic E-state index is 5.69. The molecule has 0 bridgehead atoms. The first-order valence-electron chi connectivity index (χ1n) is 7.23. The van der Waals surface area contributed by atoms with Crippen LogP contribution in [-0.2, 0) is 0 Å². The lowest BCUT2D eigenvalue weighted by atomic mass is 10.0. The molecule has 0 amide bonds. The van der Waals surface area contributed by atoms with E-state index in [0.29, 0.717) is 6.04 Å². The molecule has 1 atom stereocenters. The molecule has 1 fully saturated rings. The van der Waals surface area contributed by atoms with Gasteiger partial charge in [-0.05, 0) is 43.5 Å². The lowest BCUT2D eigenvalue weighted by molar-refractivity contribution is 0.309. The highest BCUT2D eigenvalue weighted by Crippen LogP contribution is 2.37. The molecule has 0 heterocycles. The molecule has 1 N–H and O–H groups in total. The third-order valence-corrected chi connectivity index (χ3v) is 3.66. The van der Waals surface area contributed by atoms with Gasteiger partial charge in [-0.1, -0.05) is 38.3 Å². The number of hydrogen-bond acceptors (Lipinski definition) is 2. The molecule has 0 radical (unpaired) electrons. The minimum absolute atomic E-state index is 0.502. The molecule has 0 spiro atoms. The van der Waals surface area contributed by atoms with E-state index in [-0.39, 0.29) is 0 Å². The summed E-state index contributed by atoms with van der Waals surface area (Å²) in [6.07, 6.45) is 6.41. The maximum Gasteiger partial charge on any atom is 0.119 e. The number of unbranched alkanes of at least 4 members (excludes halogenated alkanes) is 1. The zero-order chi connectivity index (χ0) is 12.8. The minimum Gasteiger partial charge on any atom is -0.494 e. The van der Waals surface area contributed by atoms with Crippen molar-refractivity contribution in [2.45, 2.75) is 45.1 Å². The molecule has 1 aliphatic carbocycles. The fraction of sp³-hybridized carbons (Fsp3) is 0.625. The Bertz CT molecular complexity index is 343. The van der Waals surface area contributed by atoms with E-state index >= 15 is 0 Å².